The fraction of sp³-hybridized carbons (Fsp3) is 1.00. The molecule has 0 aliphatic carbocycles. The Labute approximate surface area is 127 Å². The molecule has 0 saturated carbocycles. The number of hydrogen-bond donors (Lipinski definition) is 1. The summed E-state index contributed by atoms with van der Waals surface area (Å²) < 4.78 is 32.8. The minimum atomic E-state index is -4.19. The molecule has 1 N–H and O–H groups in total. The first-order chi connectivity index (χ1) is 7.52. The summed E-state index contributed by atoms with van der Waals surface area (Å²) in [5.74, 6) is 0. The van der Waals surface area contributed by atoms with Gasteiger partial charge in [0.25, 0.3) is 0 Å². The third-order valence-electron chi connectivity index (χ3n) is 2.72. The molecule has 0 heterocycles. The van der Waals surface area contributed by atoms with E-state index in [4.69, 9.17) is 5.11 Å². The van der Waals surface area contributed by atoms with E-state index in [1.807, 2.05) is 0 Å². The molecule has 0 aliphatic heterocycles. The molecular formula is C11H23NaO4S. The Kier molecular flexibility index (Phi) is 14.2. The Balaban J connectivity index is 0. The Morgan fingerprint density at radius 1 is 1.06 bits per heavy atom. The zero-order valence-corrected chi connectivity index (χ0v) is 13.8. The number of aliphatic hydroxyl groups excluding tert-OH is 1. The van der Waals surface area contributed by atoms with E-state index in [-0.39, 0.29) is 42.6 Å². The minimum absolute atomic E-state index is 0. The quantitative estimate of drug-likeness (QED) is 0.316. The second kappa shape index (κ2) is 11.9. The summed E-state index contributed by atoms with van der Waals surface area (Å²) in [4.78, 5) is 0. The summed E-state index contributed by atoms with van der Waals surface area (Å²) in [6, 6.07) is 0. The van der Waals surface area contributed by atoms with Gasteiger partial charge in [0.15, 0.2) is 0 Å². The predicted octanol–water partition coefficient (Wildman–Crippen LogP) is -0.963. The Morgan fingerprint density at radius 3 is 2.06 bits per heavy atom. The molecule has 17 heavy (non-hydrogen) atoms. The topological polar surface area (TPSA) is 77.4 Å². The van der Waals surface area contributed by atoms with Gasteiger partial charge in [0.2, 0.25) is 0 Å². The third kappa shape index (κ3) is 11.7. The van der Waals surface area contributed by atoms with Crippen molar-refractivity contribution >= 4 is 10.1 Å². The average Bonchev–Trinajstić information content (AvgIpc) is 2.20. The van der Waals surface area contributed by atoms with E-state index in [1.165, 1.54) is 0 Å². The normalized spacial score (nSPS) is 13.1. The van der Waals surface area contributed by atoms with Gasteiger partial charge in [-0.25, -0.2) is 8.42 Å². The van der Waals surface area contributed by atoms with Crippen LogP contribution in [0.3, 0.4) is 0 Å². The SMILES string of the molecule is CCCCCCCC(CCCO)S(=O)(=O)[O-].[Na+]. The summed E-state index contributed by atoms with van der Waals surface area (Å²) in [7, 11) is -4.19. The van der Waals surface area contributed by atoms with E-state index >= 15 is 0 Å². The van der Waals surface area contributed by atoms with Crippen LogP contribution in [0, 0.1) is 0 Å². The summed E-state index contributed by atoms with van der Waals surface area (Å²) in [6.45, 7) is 2.06. The molecule has 0 rings (SSSR count). The van der Waals surface area contributed by atoms with Crippen LogP contribution in [0.1, 0.15) is 58.3 Å². The number of rotatable bonds is 10. The molecule has 0 spiro atoms. The standard InChI is InChI=1S/C11H24O4S.Na/c1-2-3-4-5-6-8-11(9-7-10-12)16(13,14)15;/h11-12H,2-10H2,1H3,(H,13,14,15);/q;+1/p-1. The van der Waals surface area contributed by atoms with Crippen molar-refractivity contribution in [3.05, 3.63) is 0 Å². The van der Waals surface area contributed by atoms with E-state index in [9.17, 15) is 13.0 Å². The molecule has 4 nitrogen and oxygen atoms in total. The molecular weight excluding hydrogens is 251 g/mol. The van der Waals surface area contributed by atoms with Crippen LogP contribution in [-0.4, -0.2) is 29.9 Å². The van der Waals surface area contributed by atoms with Crippen molar-refractivity contribution < 1.29 is 47.6 Å². The molecule has 1 atom stereocenters. The largest absolute Gasteiger partial charge is 1.00 e. The van der Waals surface area contributed by atoms with Crippen molar-refractivity contribution in [2.75, 3.05) is 6.61 Å². The Morgan fingerprint density at radius 2 is 1.59 bits per heavy atom. The van der Waals surface area contributed by atoms with Gasteiger partial charge in [-0.3, -0.25) is 0 Å². The summed E-state index contributed by atoms with van der Waals surface area (Å²) >= 11 is 0. The first-order valence-electron chi connectivity index (χ1n) is 6.08. The molecule has 0 aromatic carbocycles. The van der Waals surface area contributed by atoms with E-state index in [2.05, 4.69) is 6.92 Å². The van der Waals surface area contributed by atoms with Gasteiger partial charge in [-0.05, 0) is 19.3 Å². The van der Waals surface area contributed by atoms with Crippen molar-refractivity contribution in [3.8, 4) is 0 Å². The second-order valence-corrected chi connectivity index (χ2v) is 5.84. The molecule has 0 amide bonds. The van der Waals surface area contributed by atoms with Crippen LogP contribution < -0.4 is 29.6 Å². The van der Waals surface area contributed by atoms with Gasteiger partial charge in [0, 0.05) is 11.9 Å². The van der Waals surface area contributed by atoms with Gasteiger partial charge in [-0.15, -0.1) is 0 Å². The molecule has 0 aromatic heterocycles. The van der Waals surface area contributed by atoms with E-state index in [0.29, 0.717) is 12.8 Å². The van der Waals surface area contributed by atoms with Gasteiger partial charge in [0.05, 0.1) is 10.1 Å². The third-order valence-corrected chi connectivity index (χ3v) is 4.01. The molecule has 0 saturated heterocycles. The van der Waals surface area contributed by atoms with E-state index < -0.39 is 15.4 Å². The monoisotopic (exact) mass is 274 g/mol. The number of aliphatic hydroxyl groups is 1. The van der Waals surface area contributed by atoms with Crippen LogP contribution in [0.2, 0.25) is 0 Å². The molecule has 1 unspecified atom stereocenters. The number of unbranched alkanes of at least 4 members (excludes halogenated alkanes) is 4. The summed E-state index contributed by atoms with van der Waals surface area (Å²) in [5.41, 5.74) is 0. The van der Waals surface area contributed by atoms with Crippen LogP contribution in [0.25, 0.3) is 0 Å². The first-order valence-corrected chi connectivity index (χ1v) is 7.55. The second-order valence-electron chi connectivity index (χ2n) is 4.18. The molecule has 98 valence electrons. The number of hydrogen-bond acceptors (Lipinski definition) is 4. The van der Waals surface area contributed by atoms with Crippen LogP contribution in [0.15, 0.2) is 0 Å². The van der Waals surface area contributed by atoms with E-state index in [0.717, 1.165) is 32.1 Å². The maximum Gasteiger partial charge on any atom is 1.00 e. The fourth-order valence-corrected chi connectivity index (χ4v) is 2.64. The fourth-order valence-electron chi connectivity index (χ4n) is 1.73. The maximum atomic E-state index is 10.9. The van der Waals surface area contributed by atoms with Gasteiger partial charge < -0.3 is 9.66 Å². The van der Waals surface area contributed by atoms with Crippen LogP contribution in [0.5, 0.6) is 0 Å². The zero-order chi connectivity index (χ0) is 12.4. The van der Waals surface area contributed by atoms with Crippen molar-refractivity contribution in [2.24, 2.45) is 0 Å². The molecule has 0 fully saturated rings. The van der Waals surface area contributed by atoms with Gasteiger partial charge >= 0.3 is 29.6 Å². The Bertz CT molecular complexity index is 254. The molecule has 0 radical (unpaired) electrons. The van der Waals surface area contributed by atoms with Gasteiger partial charge in [-0.2, -0.15) is 0 Å². The Hall–Kier alpha value is 0.870. The van der Waals surface area contributed by atoms with Gasteiger partial charge in [0.1, 0.15) is 0 Å². The zero-order valence-electron chi connectivity index (χ0n) is 11.0. The predicted molar refractivity (Wildman–Crippen MR) is 63.2 cm³/mol. The van der Waals surface area contributed by atoms with Crippen molar-refractivity contribution in [2.45, 2.75) is 63.5 Å². The van der Waals surface area contributed by atoms with Crippen molar-refractivity contribution in [1.29, 1.82) is 0 Å². The van der Waals surface area contributed by atoms with Gasteiger partial charge in [-0.1, -0.05) is 39.0 Å². The molecule has 0 bridgehead atoms. The van der Waals surface area contributed by atoms with Crippen LogP contribution in [-0.2, 0) is 10.1 Å². The minimum Gasteiger partial charge on any atom is -0.748 e. The summed E-state index contributed by atoms with van der Waals surface area (Å²) in [5, 5.41) is 7.82. The molecule has 0 aromatic rings. The van der Waals surface area contributed by atoms with Crippen LogP contribution in [0.4, 0.5) is 0 Å². The molecule has 6 heteroatoms. The smallest absolute Gasteiger partial charge is 0.748 e. The van der Waals surface area contributed by atoms with E-state index in [1.54, 1.807) is 0 Å². The summed E-state index contributed by atoms with van der Waals surface area (Å²) in [6.07, 6.45) is 6.30. The maximum absolute atomic E-state index is 10.9. The van der Waals surface area contributed by atoms with Crippen molar-refractivity contribution in [3.63, 3.8) is 0 Å². The van der Waals surface area contributed by atoms with Crippen molar-refractivity contribution in [1.82, 2.24) is 0 Å². The van der Waals surface area contributed by atoms with Crippen LogP contribution >= 0.6 is 0 Å². The molecule has 0 aliphatic rings. The first kappa shape index (κ1) is 20.2. The average molecular weight is 274 g/mol.